The van der Waals surface area contributed by atoms with Crippen molar-refractivity contribution in [2.24, 2.45) is 5.92 Å². The SMILES string of the molecule is CNCC(C)C(=O)Nc1ccc(Br)c(C(F)(F)F)c1.Cl. The third-order valence-electron chi connectivity index (χ3n) is 2.50. The van der Waals surface area contributed by atoms with Gasteiger partial charge in [0.2, 0.25) is 5.91 Å². The van der Waals surface area contributed by atoms with Gasteiger partial charge in [0.15, 0.2) is 0 Å². The quantitative estimate of drug-likeness (QED) is 0.843. The van der Waals surface area contributed by atoms with Gasteiger partial charge in [0.25, 0.3) is 0 Å². The largest absolute Gasteiger partial charge is 0.417 e. The molecule has 0 spiro atoms. The van der Waals surface area contributed by atoms with E-state index in [0.717, 1.165) is 6.07 Å². The first-order valence-corrected chi connectivity index (χ1v) is 6.37. The summed E-state index contributed by atoms with van der Waals surface area (Å²) in [6.45, 7) is 2.14. The maximum Gasteiger partial charge on any atom is 0.417 e. The molecule has 0 saturated carbocycles. The van der Waals surface area contributed by atoms with Crippen LogP contribution >= 0.6 is 28.3 Å². The second-order valence-corrected chi connectivity index (χ2v) is 4.99. The van der Waals surface area contributed by atoms with E-state index in [1.54, 1.807) is 14.0 Å². The maximum atomic E-state index is 12.7. The van der Waals surface area contributed by atoms with E-state index in [9.17, 15) is 18.0 Å². The average molecular weight is 376 g/mol. The van der Waals surface area contributed by atoms with Crippen molar-refractivity contribution >= 4 is 39.9 Å². The first kappa shape index (κ1) is 19.2. The van der Waals surface area contributed by atoms with Crippen LogP contribution in [0.4, 0.5) is 18.9 Å². The fourth-order valence-electron chi connectivity index (χ4n) is 1.48. The lowest BCUT2D eigenvalue weighted by atomic mass is 10.1. The second kappa shape index (κ2) is 7.85. The minimum atomic E-state index is -4.46. The summed E-state index contributed by atoms with van der Waals surface area (Å²) in [4.78, 5) is 11.7. The molecule has 1 amide bonds. The van der Waals surface area contributed by atoms with Crippen molar-refractivity contribution in [1.82, 2.24) is 5.32 Å². The highest BCUT2D eigenvalue weighted by Gasteiger charge is 2.33. The van der Waals surface area contributed by atoms with Crippen LogP contribution in [-0.4, -0.2) is 19.5 Å². The van der Waals surface area contributed by atoms with Crippen molar-refractivity contribution in [2.45, 2.75) is 13.1 Å². The molecule has 2 N–H and O–H groups in total. The van der Waals surface area contributed by atoms with Crippen LogP contribution in [0.3, 0.4) is 0 Å². The molecule has 3 nitrogen and oxygen atoms in total. The van der Waals surface area contributed by atoms with E-state index in [1.807, 2.05) is 0 Å². The number of nitrogens with one attached hydrogen (secondary N) is 2. The molecule has 1 aromatic carbocycles. The van der Waals surface area contributed by atoms with E-state index in [1.165, 1.54) is 12.1 Å². The van der Waals surface area contributed by atoms with Gasteiger partial charge in [-0.2, -0.15) is 13.2 Å². The van der Waals surface area contributed by atoms with Gasteiger partial charge in [-0.25, -0.2) is 0 Å². The number of rotatable bonds is 4. The van der Waals surface area contributed by atoms with Crippen molar-refractivity contribution in [3.63, 3.8) is 0 Å². The molecule has 0 aliphatic rings. The van der Waals surface area contributed by atoms with Crippen LogP contribution in [0, 0.1) is 5.92 Å². The first-order valence-electron chi connectivity index (χ1n) is 5.58. The van der Waals surface area contributed by atoms with Crippen LogP contribution in [0.2, 0.25) is 0 Å². The van der Waals surface area contributed by atoms with Gasteiger partial charge in [-0.3, -0.25) is 4.79 Å². The van der Waals surface area contributed by atoms with Gasteiger partial charge in [-0.1, -0.05) is 22.9 Å². The molecule has 0 aromatic heterocycles. The lowest BCUT2D eigenvalue weighted by Crippen LogP contribution is -2.28. The van der Waals surface area contributed by atoms with E-state index in [-0.39, 0.29) is 34.4 Å². The zero-order chi connectivity index (χ0) is 14.6. The molecule has 1 unspecified atom stereocenters. The number of hydrogen-bond donors (Lipinski definition) is 2. The van der Waals surface area contributed by atoms with Crippen molar-refractivity contribution in [3.8, 4) is 0 Å². The van der Waals surface area contributed by atoms with E-state index >= 15 is 0 Å². The van der Waals surface area contributed by atoms with Gasteiger partial charge in [0, 0.05) is 22.6 Å². The van der Waals surface area contributed by atoms with Crippen LogP contribution < -0.4 is 10.6 Å². The van der Waals surface area contributed by atoms with E-state index in [4.69, 9.17) is 0 Å². The third kappa shape index (κ3) is 5.30. The van der Waals surface area contributed by atoms with Crippen LogP contribution in [-0.2, 0) is 11.0 Å². The highest BCUT2D eigenvalue weighted by Crippen LogP contribution is 2.36. The molecule has 0 saturated heterocycles. The Morgan fingerprint density at radius 3 is 2.50 bits per heavy atom. The van der Waals surface area contributed by atoms with Crippen LogP contribution in [0.25, 0.3) is 0 Å². The minimum absolute atomic E-state index is 0. The zero-order valence-corrected chi connectivity index (χ0v) is 13.2. The smallest absolute Gasteiger partial charge is 0.326 e. The van der Waals surface area contributed by atoms with Gasteiger partial charge in [-0.15, -0.1) is 12.4 Å². The number of carbonyl (C=O) groups is 1. The Morgan fingerprint density at radius 1 is 1.40 bits per heavy atom. The summed E-state index contributed by atoms with van der Waals surface area (Å²) in [5.74, 6) is -0.659. The Balaban J connectivity index is 0.00000361. The van der Waals surface area contributed by atoms with E-state index in [0.29, 0.717) is 6.54 Å². The Labute approximate surface area is 129 Å². The Hall–Kier alpha value is -0.790. The lowest BCUT2D eigenvalue weighted by Gasteiger charge is -2.14. The highest BCUT2D eigenvalue weighted by atomic mass is 79.9. The van der Waals surface area contributed by atoms with Crippen molar-refractivity contribution < 1.29 is 18.0 Å². The fraction of sp³-hybridized carbons (Fsp3) is 0.417. The molecule has 20 heavy (non-hydrogen) atoms. The number of benzene rings is 1. The van der Waals surface area contributed by atoms with Crippen molar-refractivity contribution in [1.29, 1.82) is 0 Å². The van der Waals surface area contributed by atoms with Gasteiger partial charge >= 0.3 is 6.18 Å². The van der Waals surface area contributed by atoms with Gasteiger partial charge in [0.05, 0.1) is 5.56 Å². The third-order valence-corrected chi connectivity index (χ3v) is 3.19. The number of amides is 1. The van der Waals surface area contributed by atoms with E-state index in [2.05, 4.69) is 26.6 Å². The molecular formula is C12H15BrClF3N2O. The second-order valence-electron chi connectivity index (χ2n) is 4.14. The number of anilines is 1. The van der Waals surface area contributed by atoms with Crippen LogP contribution in [0.1, 0.15) is 12.5 Å². The Morgan fingerprint density at radius 2 is 2.00 bits per heavy atom. The lowest BCUT2D eigenvalue weighted by molar-refractivity contribution is -0.138. The van der Waals surface area contributed by atoms with Crippen molar-refractivity contribution in [2.75, 3.05) is 18.9 Å². The van der Waals surface area contributed by atoms with Crippen LogP contribution in [0.15, 0.2) is 22.7 Å². The standard InChI is InChI=1S/C12H14BrF3N2O.ClH/c1-7(6-17-2)11(19)18-8-3-4-10(13)9(5-8)12(14,15)16;/h3-5,7,17H,6H2,1-2H3,(H,18,19);1H. The Bertz CT molecular complexity index is 469. The molecule has 1 aromatic rings. The zero-order valence-electron chi connectivity index (χ0n) is 10.8. The average Bonchev–Trinajstić information content (AvgIpc) is 2.30. The summed E-state index contributed by atoms with van der Waals surface area (Å²) >= 11 is 2.84. The van der Waals surface area contributed by atoms with Gasteiger partial charge in [-0.05, 0) is 25.2 Å². The molecule has 0 radical (unpaired) electrons. The number of alkyl halides is 3. The first-order chi connectivity index (χ1) is 8.75. The molecule has 0 aliphatic carbocycles. The normalized spacial score (nSPS) is 12.5. The monoisotopic (exact) mass is 374 g/mol. The van der Waals surface area contributed by atoms with Gasteiger partial charge < -0.3 is 10.6 Å². The molecule has 114 valence electrons. The molecule has 1 rings (SSSR count). The Kier molecular flexibility index (Phi) is 7.54. The summed E-state index contributed by atoms with van der Waals surface area (Å²) in [7, 11) is 1.70. The topological polar surface area (TPSA) is 41.1 Å². The number of hydrogen-bond acceptors (Lipinski definition) is 2. The predicted octanol–water partition coefficient (Wildman–Crippen LogP) is 3.68. The summed E-state index contributed by atoms with van der Waals surface area (Å²) in [5, 5.41) is 5.30. The predicted molar refractivity (Wildman–Crippen MR) is 78.1 cm³/mol. The van der Waals surface area contributed by atoms with Gasteiger partial charge in [0.1, 0.15) is 0 Å². The van der Waals surface area contributed by atoms with Crippen molar-refractivity contribution in [3.05, 3.63) is 28.2 Å². The maximum absolute atomic E-state index is 12.7. The summed E-state index contributed by atoms with van der Waals surface area (Å²) < 4.78 is 38.0. The fourth-order valence-corrected chi connectivity index (χ4v) is 1.96. The number of carbonyl (C=O) groups excluding carboxylic acids is 1. The highest BCUT2D eigenvalue weighted by molar-refractivity contribution is 9.10. The molecular weight excluding hydrogens is 360 g/mol. The summed E-state index contributed by atoms with van der Waals surface area (Å²) in [6.07, 6.45) is -4.46. The molecule has 8 heteroatoms. The summed E-state index contributed by atoms with van der Waals surface area (Å²) in [5.41, 5.74) is -0.685. The molecule has 0 heterocycles. The molecule has 1 atom stereocenters. The molecule has 0 bridgehead atoms. The summed E-state index contributed by atoms with van der Waals surface area (Å²) in [6, 6.07) is 3.60. The number of halogens is 5. The van der Waals surface area contributed by atoms with Crippen LogP contribution in [0.5, 0.6) is 0 Å². The van der Waals surface area contributed by atoms with E-state index < -0.39 is 11.7 Å². The molecule has 0 fully saturated rings. The molecule has 0 aliphatic heterocycles. The minimum Gasteiger partial charge on any atom is -0.326 e.